The highest BCUT2D eigenvalue weighted by molar-refractivity contribution is 5.91. The first-order valence-corrected chi connectivity index (χ1v) is 6.79. The third-order valence-electron chi connectivity index (χ3n) is 3.02. The summed E-state index contributed by atoms with van der Waals surface area (Å²) in [6.07, 6.45) is 7.14. The van der Waals surface area contributed by atoms with Crippen molar-refractivity contribution in [1.82, 2.24) is 9.78 Å². The smallest absolute Gasteiger partial charge is 0.250 e. The minimum Gasteiger partial charge on any atom is -0.376 e. The third-order valence-corrected chi connectivity index (χ3v) is 3.02. The van der Waals surface area contributed by atoms with E-state index in [1.165, 1.54) is 6.42 Å². The van der Waals surface area contributed by atoms with Crippen LogP contribution in [0.4, 0.5) is 5.69 Å². The molecule has 19 heavy (non-hydrogen) atoms. The molecular formula is C13H21N3O3. The van der Waals surface area contributed by atoms with Crippen molar-refractivity contribution in [2.45, 2.75) is 38.8 Å². The molecular weight excluding hydrogens is 246 g/mol. The highest BCUT2D eigenvalue weighted by atomic mass is 16.5. The van der Waals surface area contributed by atoms with E-state index in [1.807, 2.05) is 17.8 Å². The van der Waals surface area contributed by atoms with E-state index < -0.39 is 0 Å². The van der Waals surface area contributed by atoms with Crippen LogP contribution in [0.25, 0.3) is 0 Å². The fourth-order valence-electron chi connectivity index (χ4n) is 2.08. The number of nitrogens with one attached hydrogen (secondary N) is 1. The number of aromatic nitrogens is 2. The Morgan fingerprint density at radius 3 is 3.26 bits per heavy atom. The van der Waals surface area contributed by atoms with Gasteiger partial charge in [0.25, 0.3) is 0 Å². The molecule has 106 valence electrons. The maximum atomic E-state index is 11.5. The van der Waals surface area contributed by atoms with Gasteiger partial charge in [-0.25, -0.2) is 0 Å². The quantitative estimate of drug-likeness (QED) is 0.846. The van der Waals surface area contributed by atoms with Gasteiger partial charge in [-0.05, 0) is 26.2 Å². The number of rotatable bonds is 6. The van der Waals surface area contributed by atoms with Crippen molar-refractivity contribution in [1.29, 1.82) is 0 Å². The van der Waals surface area contributed by atoms with Gasteiger partial charge in [-0.2, -0.15) is 5.10 Å². The number of ether oxygens (including phenoxy) is 2. The fraction of sp³-hybridized carbons (Fsp3) is 0.692. The Morgan fingerprint density at radius 2 is 2.53 bits per heavy atom. The molecule has 1 aliphatic heterocycles. The van der Waals surface area contributed by atoms with Gasteiger partial charge in [0.1, 0.15) is 6.61 Å². The first-order chi connectivity index (χ1) is 9.28. The Labute approximate surface area is 113 Å². The van der Waals surface area contributed by atoms with Gasteiger partial charge in [0.15, 0.2) is 0 Å². The number of carbonyl (C=O) groups excluding carboxylic acids is 1. The minimum absolute atomic E-state index is 0.0768. The van der Waals surface area contributed by atoms with Crippen molar-refractivity contribution in [3.8, 4) is 0 Å². The van der Waals surface area contributed by atoms with Crippen LogP contribution in [0.2, 0.25) is 0 Å². The summed E-state index contributed by atoms with van der Waals surface area (Å²) >= 11 is 0. The average molecular weight is 267 g/mol. The number of anilines is 1. The first-order valence-electron chi connectivity index (χ1n) is 6.79. The van der Waals surface area contributed by atoms with Crippen LogP contribution in [0.1, 0.15) is 26.2 Å². The summed E-state index contributed by atoms with van der Waals surface area (Å²) in [5, 5.41) is 6.97. The molecule has 1 aliphatic rings. The molecule has 2 rings (SSSR count). The third kappa shape index (κ3) is 4.65. The molecule has 0 unspecified atom stereocenters. The standard InChI is InChI=1S/C13H21N3O3/c1-2-18-10-13(17)15-11-7-14-16(8-11)9-12-5-3-4-6-19-12/h7-8,12H,2-6,9-10H2,1H3,(H,15,17)/t12-/m1/s1. The number of nitrogens with zero attached hydrogens (tertiary/aromatic N) is 2. The lowest BCUT2D eigenvalue weighted by molar-refractivity contribution is -0.120. The average Bonchev–Trinajstić information content (AvgIpc) is 2.85. The summed E-state index contributed by atoms with van der Waals surface area (Å²) in [6, 6.07) is 0. The maximum Gasteiger partial charge on any atom is 0.250 e. The lowest BCUT2D eigenvalue weighted by Crippen LogP contribution is -2.24. The summed E-state index contributed by atoms with van der Waals surface area (Å²) < 4.78 is 12.5. The fourth-order valence-corrected chi connectivity index (χ4v) is 2.08. The molecule has 1 fully saturated rings. The van der Waals surface area contributed by atoms with Gasteiger partial charge >= 0.3 is 0 Å². The summed E-state index contributed by atoms with van der Waals surface area (Å²) in [4.78, 5) is 11.5. The predicted molar refractivity (Wildman–Crippen MR) is 70.9 cm³/mol. The second kappa shape index (κ2) is 7.25. The zero-order valence-electron chi connectivity index (χ0n) is 11.3. The van der Waals surface area contributed by atoms with Crippen LogP contribution in [-0.4, -0.2) is 41.6 Å². The minimum atomic E-state index is -0.157. The van der Waals surface area contributed by atoms with Crippen molar-refractivity contribution < 1.29 is 14.3 Å². The molecule has 1 N–H and O–H groups in total. The number of amides is 1. The summed E-state index contributed by atoms with van der Waals surface area (Å²) in [6.45, 7) is 4.04. The van der Waals surface area contributed by atoms with Crippen molar-refractivity contribution in [3.05, 3.63) is 12.4 Å². The van der Waals surface area contributed by atoms with Crippen LogP contribution in [0.3, 0.4) is 0 Å². The Morgan fingerprint density at radius 1 is 1.63 bits per heavy atom. The molecule has 2 heterocycles. The van der Waals surface area contributed by atoms with Crippen molar-refractivity contribution in [3.63, 3.8) is 0 Å². The van der Waals surface area contributed by atoms with E-state index in [-0.39, 0.29) is 18.6 Å². The molecule has 1 saturated heterocycles. The van der Waals surface area contributed by atoms with E-state index in [9.17, 15) is 4.79 Å². The summed E-state index contributed by atoms with van der Waals surface area (Å²) in [7, 11) is 0. The van der Waals surface area contributed by atoms with E-state index >= 15 is 0 Å². The van der Waals surface area contributed by atoms with Crippen LogP contribution in [0, 0.1) is 0 Å². The Bertz CT molecular complexity index is 400. The SMILES string of the molecule is CCOCC(=O)Nc1cnn(C[C@H]2CCCCO2)c1. The molecule has 0 bridgehead atoms. The molecule has 0 aromatic carbocycles. The van der Waals surface area contributed by atoms with E-state index in [0.29, 0.717) is 12.3 Å². The van der Waals surface area contributed by atoms with E-state index in [4.69, 9.17) is 9.47 Å². The van der Waals surface area contributed by atoms with Crippen molar-refractivity contribution in [2.75, 3.05) is 25.1 Å². The van der Waals surface area contributed by atoms with Crippen molar-refractivity contribution in [2.24, 2.45) is 0 Å². The molecule has 0 aliphatic carbocycles. The summed E-state index contributed by atoms with van der Waals surface area (Å²) in [5.41, 5.74) is 0.695. The molecule has 1 atom stereocenters. The predicted octanol–water partition coefficient (Wildman–Crippen LogP) is 1.43. The molecule has 0 saturated carbocycles. The Kier molecular flexibility index (Phi) is 5.35. The number of carbonyl (C=O) groups is 1. The number of hydrogen-bond donors (Lipinski definition) is 1. The molecule has 0 radical (unpaired) electrons. The van der Waals surface area contributed by atoms with Gasteiger partial charge in [-0.1, -0.05) is 0 Å². The van der Waals surface area contributed by atoms with Gasteiger partial charge in [-0.15, -0.1) is 0 Å². The molecule has 1 aromatic heterocycles. The normalized spacial score (nSPS) is 19.3. The lowest BCUT2D eigenvalue weighted by atomic mass is 10.1. The van der Waals surface area contributed by atoms with Gasteiger partial charge in [0.2, 0.25) is 5.91 Å². The topological polar surface area (TPSA) is 65.4 Å². The summed E-state index contributed by atoms with van der Waals surface area (Å²) in [5.74, 6) is -0.157. The van der Waals surface area contributed by atoms with E-state index in [1.54, 1.807) is 6.20 Å². The second-order valence-corrected chi connectivity index (χ2v) is 4.62. The van der Waals surface area contributed by atoms with Crippen LogP contribution >= 0.6 is 0 Å². The maximum absolute atomic E-state index is 11.5. The Hall–Kier alpha value is -1.40. The van der Waals surface area contributed by atoms with Crippen LogP contribution in [0.5, 0.6) is 0 Å². The second-order valence-electron chi connectivity index (χ2n) is 4.62. The van der Waals surface area contributed by atoms with Crippen LogP contribution < -0.4 is 5.32 Å². The zero-order chi connectivity index (χ0) is 13.5. The molecule has 6 nitrogen and oxygen atoms in total. The van der Waals surface area contributed by atoms with E-state index in [0.717, 1.165) is 26.0 Å². The first kappa shape index (κ1) is 14.0. The van der Waals surface area contributed by atoms with Gasteiger partial charge in [0.05, 0.1) is 24.5 Å². The largest absolute Gasteiger partial charge is 0.376 e. The van der Waals surface area contributed by atoms with Crippen LogP contribution in [-0.2, 0) is 20.8 Å². The van der Waals surface area contributed by atoms with Gasteiger partial charge < -0.3 is 14.8 Å². The Balaban J connectivity index is 1.79. The monoisotopic (exact) mass is 267 g/mol. The molecule has 1 amide bonds. The van der Waals surface area contributed by atoms with Gasteiger partial charge in [0, 0.05) is 19.4 Å². The highest BCUT2D eigenvalue weighted by Gasteiger charge is 2.15. The van der Waals surface area contributed by atoms with Crippen molar-refractivity contribution >= 4 is 11.6 Å². The van der Waals surface area contributed by atoms with Crippen LogP contribution in [0.15, 0.2) is 12.4 Å². The van der Waals surface area contributed by atoms with Gasteiger partial charge in [-0.3, -0.25) is 9.48 Å². The molecule has 6 heteroatoms. The molecule has 0 spiro atoms. The number of hydrogen-bond acceptors (Lipinski definition) is 4. The zero-order valence-corrected chi connectivity index (χ0v) is 11.3. The lowest BCUT2D eigenvalue weighted by Gasteiger charge is -2.22. The molecule has 1 aromatic rings. The highest BCUT2D eigenvalue weighted by Crippen LogP contribution is 2.15. The van der Waals surface area contributed by atoms with E-state index in [2.05, 4.69) is 10.4 Å².